The number of esters is 1. The van der Waals surface area contributed by atoms with E-state index in [1.807, 2.05) is 13.8 Å². The van der Waals surface area contributed by atoms with Gasteiger partial charge in [-0.15, -0.1) is 0 Å². The summed E-state index contributed by atoms with van der Waals surface area (Å²) in [5.41, 5.74) is 0.861. The lowest BCUT2D eigenvalue weighted by Gasteiger charge is -2.08. The molecule has 0 bridgehead atoms. The largest absolute Gasteiger partial charge is 0.490 e. The maximum Gasteiger partial charge on any atom is 0.302 e. The van der Waals surface area contributed by atoms with Crippen molar-refractivity contribution in [1.82, 2.24) is 9.97 Å². The molecule has 98 valence electrons. The molecular formula is C13H18N2O3. The van der Waals surface area contributed by atoms with Gasteiger partial charge in [0.15, 0.2) is 5.75 Å². The van der Waals surface area contributed by atoms with Crippen LogP contribution in [0.2, 0.25) is 0 Å². The van der Waals surface area contributed by atoms with Gasteiger partial charge >= 0.3 is 5.97 Å². The number of ether oxygens (including phenoxy) is 2. The fraction of sp³-hybridized carbons (Fsp3) is 0.615. The van der Waals surface area contributed by atoms with E-state index in [0.29, 0.717) is 25.0 Å². The quantitative estimate of drug-likeness (QED) is 0.744. The Morgan fingerprint density at radius 1 is 1.39 bits per heavy atom. The molecule has 18 heavy (non-hydrogen) atoms. The van der Waals surface area contributed by atoms with Crippen LogP contribution in [0, 0.1) is 25.7 Å². The van der Waals surface area contributed by atoms with Gasteiger partial charge in [0.1, 0.15) is 5.82 Å². The van der Waals surface area contributed by atoms with Crippen molar-refractivity contribution in [2.75, 3.05) is 13.2 Å². The molecule has 1 heterocycles. The van der Waals surface area contributed by atoms with Gasteiger partial charge < -0.3 is 9.47 Å². The van der Waals surface area contributed by atoms with Gasteiger partial charge in [0.05, 0.1) is 25.1 Å². The summed E-state index contributed by atoms with van der Waals surface area (Å²) in [6.07, 6.45) is 2.76. The topological polar surface area (TPSA) is 61.3 Å². The van der Waals surface area contributed by atoms with Crippen molar-refractivity contribution in [2.24, 2.45) is 11.8 Å². The highest BCUT2D eigenvalue weighted by Gasteiger charge is 2.38. The first-order valence-corrected chi connectivity index (χ1v) is 6.12. The van der Waals surface area contributed by atoms with E-state index < -0.39 is 0 Å². The third-order valence-corrected chi connectivity index (χ3v) is 3.08. The number of aryl methyl sites for hydroxylation is 2. The zero-order valence-corrected chi connectivity index (χ0v) is 11.0. The third kappa shape index (κ3) is 3.42. The second-order valence-electron chi connectivity index (χ2n) is 4.74. The Labute approximate surface area is 107 Å². The average molecular weight is 250 g/mol. The molecule has 0 N–H and O–H groups in total. The van der Waals surface area contributed by atoms with E-state index in [0.717, 1.165) is 23.7 Å². The number of hydrogen-bond acceptors (Lipinski definition) is 5. The fourth-order valence-corrected chi connectivity index (χ4v) is 1.85. The lowest BCUT2D eigenvalue weighted by molar-refractivity contribution is -0.141. The molecule has 2 atom stereocenters. The molecule has 2 rings (SSSR count). The molecule has 0 spiro atoms. The molecule has 0 radical (unpaired) electrons. The molecule has 1 fully saturated rings. The minimum absolute atomic E-state index is 0.218. The predicted octanol–water partition coefficient (Wildman–Crippen LogP) is 1.67. The van der Waals surface area contributed by atoms with Gasteiger partial charge in [0, 0.05) is 6.92 Å². The maximum absolute atomic E-state index is 10.7. The first-order valence-electron chi connectivity index (χ1n) is 6.12. The Kier molecular flexibility index (Phi) is 3.79. The van der Waals surface area contributed by atoms with Crippen LogP contribution in [0.25, 0.3) is 0 Å². The minimum atomic E-state index is -0.218. The van der Waals surface area contributed by atoms with Crippen molar-refractivity contribution in [2.45, 2.75) is 27.2 Å². The summed E-state index contributed by atoms with van der Waals surface area (Å²) >= 11 is 0. The summed E-state index contributed by atoms with van der Waals surface area (Å²) in [5, 5.41) is 0. The predicted molar refractivity (Wildman–Crippen MR) is 65.2 cm³/mol. The molecule has 1 aromatic rings. The van der Waals surface area contributed by atoms with Crippen LogP contribution in [0.1, 0.15) is 24.9 Å². The van der Waals surface area contributed by atoms with Crippen LogP contribution in [0.4, 0.5) is 0 Å². The first kappa shape index (κ1) is 12.8. The molecule has 1 aliphatic rings. The third-order valence-electron chi connectivity index (χ3n) is 3.08. The molecule has 1 aliphatic carbocycles. The molecule has 0 unspecified atom stereocenters. The Hall–Kier alpha value is -1.65. The van der Waals surface area contributed by atoms with Gasteiger partial charge in [-0.2, -0.15) is 0 Å². The van der Waals surface area contributed by atoms with E-state index in [-0.39, 0.29) is 5.97 Å². The average Bonchev–Trinajstić information content (AvgIpc) is 3.04. The van der Waals surface area contributed by atoms with Crippen LogP contribution in [0.15, 0.2) is 6.20 Å². The number of hydrogen-bond donors (Lipinski definition) is 0. The normalized spacial score (nSPS) is 21.5. The van der Waals surface area contributed by atoms with E-state index >= 15 is 0 Å². The fourth-order valence-electron chi connectivity index (χ4n) is 1.85. The number of nitrogens with zero attached hydrogens (tertiary/aromatic N) is 2. The number of rotatable bonds is 5. The highest BCUT2D eigenvalue weighted by atomic mass is 16.5. The zero-order valence-electron chi connectivity index (χ0n) is 11.0. The SMILES string of the molecule is CC(=O)OC[C@@H]1C[C@@H]1COc1cnc(C)nc1C. The van der Waals surface area contributed by atoms with Crippen molar-refractivity contribution in [3.63, 3.8) is 0 Å². The van der Waals surface area contributed by atoms with Gasteiger partial charge in [-0.25, -0.2) is 9.97 Å². The number of carbonyl (C=O) groups excluding carboxylic acids is 1. The molecule has 0 aliphatic heterocycles. The van der Waals surface area contributed by atoms with E-state index in [9.17, 15) is 4.79 Å². The number of aromatic nitrogens is 2. The monoisotopic (exact) mass is 250 g/mol. The lowest BCUT2D eigenvalue weighted by atomic mass is 10.3. The van der Waals surface area contributed by atoms with Gasteiger partial charge in [0.2, 0.25) is 0 Å². The Balaban J connectivity index is 1.75. The second-order valence-corrected chi connectivity index (χ2v) is 4.74. The highest BCUT2D eigenvalue weighted by Crippen LogP contribution is 2.39. The van der Waals surface area contributed by atoms with Gasteiger partial charge in [-0.3, -0.25) is 4.79 Å². The molecule has 0 aromatic carbocycles. The molecule has 5 nitrogen and oxygen atoms in total. The van der Waals surface area contributed by atoms with Crippen molar-refractivity contribution in [1.29, 1.82) is 0 Å². The van der Waals surface area contributed by atoms with Crippen molar-refractivity contribution < 1.29 is 14.3 Å². The number of carbonyl (C=O) groups is 1. The zero-order chi connectivity index (χ0) is 13.1. The lowest BCUT2D eigenvalue weighted by Crippen LogP contribution is -2.08. The van der Waals surface area contributed by atoms with Crippen LogP contribution in [0.3, 0.4) is 0 Å². The van der Waals surface area contributed by atoms with Crippen molar-refractivity contribution >= 4 is 5.97 Å². The molecule has 0 saturated heterocycles. The van der Waals surface area contributed by atoms with Crippen LogP contribution >= 0.6 is 0 Å². The first-order chi connectivity index (χ1) is 8.56. The molecular weight excluding hydrogens is 232 g/mol. The van der Waals surface area contributed by atoms with Crippen LogP contribution in [-0.2, 0) is 9.53 Å². The van der Waals surface area contributed by atoms with Crippen LogP contribution in [-0.4, -0.2) is 29.2 Å². The Morgan fingerprint density at radius 3 is 2.78 bits per heavy atom. The standard InChI is InChI=1S/C13H18N2O3/c1-8-13(5-14-9(2)15-8)18-7-12-4-11(12)6-17-10(3)16/h5,11-12H,4,6-7H2,1-3H3/t11-,12+/m0/s1. The van der Waals surface area contributed by atoms with Gasteiger partial charge in [0.25, 0.3) is 0 Å². The van der Waals surface area contributed by atoms with E-state index in [2.05, 4.69) is 9.97 Å². The van der Waals surface area contributed by atoms with E-state index in [4.69, 9.17) is 9.47 Å². The smallest absolute Gasteiger partial charge is 0.302 e. The van der Waals surface area contributed by atoms with Gasteiger partial charge in [-0.1, -0.05) is 0 Å². The molecule has 0 amide bonds. The molecule has 5 heteroatoms. The summed E-state index contributed by atoms with van der Waals surface area (Å²) in [6, 6.07) is 0. The van der Waals surface area contributed by atoms with Crippen molar-refractivity contribution in [3.8, 4) is 5.75 Å². The van der Waals surface area contributed by atoms with Crippen molar-refractivity contribution in [3.05, 3.63) is 17.7 Å². The summed E-state index contributed by atoms with van der Waals surface area (Å²) in [7, 11) is 0. The summed E-state index contributed by atoms with van der Waals surface area (Å²) < 4.78 is 10.7. The summed E-state index contributed by atoms with van der Waals surface area (Å²) in [4.78, 5) is 19.0. The minimum Gasteiger partial charge on any atom is -0.490 e. The molecule has 1 aromatic heterocycles. The summed E-state index contributed by atoms with van der Waals surface area (Å²) in [6.45, 7) is 6.34. The Morgan fingerprint density at radius 2 is 2.11 bits per heavy atom. The summed E-state index contributed by atoms with van der Waals surface area (Å²) in [5.74, 6) is 2.19. The molecule has 1 saturated carbocycles. The van der Waals surface area contributed by atoms with Crippen LogP contribution in [0.5, 0.6) is 5.75 Å². The van der Waals surface area contributed by atoms with E-state index in [1.54, 1.807) is 6.20 Å². The second kappa shape index (κ2) is 5.33. The highest BCUT2D eigenvalue weighted by molar-refractivity contribution is 5.65. The van der Waals surface area contributed by atoms with Gasteiger partial charge in [-0.05, 0) is 32.1 Å². The van der Waals surface area contributed by atoms with E-state index in [1.165, 1.54) is 6.92 Å². The van der Waals surface area contributed by atoms with Crippen LogP contribution < -0.4 is 4.74 Å². The Bertz CT molecular complexity index is 448. The maximum atomic E-state index is 10.7.